The van der Waals surface area contributed by atoms with Crippen molar-refractivity contribution in [2.45, 2.75) is 33.1 Å². The summed E-state index contributed by atoms with van der Waals surface area (Å²) in [6.45, 7) is 6.29. The minimum atomic E-state index is -0.227. The van der Waals surface area contributed by atoms with Crippen LogP contribution in [0.4, 0.5) is 5.82 Å². The Morgan fingerprint density at radius 3 is 2.48 bits per heavy atom. The van der Waals surface area contributed by atoms with E-state index >= 15 is 0 Å². The number of hydrogen-bond donors (Lipinski definition) is 3. The largest absolute Gasteiger partial charge is 0.504 e. The maximum atomic E-state index is 9.78. The van der Waals surface area contributed by atoms with E-state index in [1.807, 2.05) is 6.92 Å². The van der Waals surface area contributed by atoms with E-state index in [0.29, 0.717) is 22.6 Å². The Morgan fingerprint density at radius 2 is 1.96 bits per heavy atom. The molecule has 1 atom stereocenters. The normalized spacial score (nSPS) is 18.4. The van der Waals surface area contributed by atoms with Crippen molar-refractivity contribution in [1.29, 1.82) is 5.26 Å². The van der Waals surface area contributed by atoms with Gasteiger partial charge in [0.25, 0.3) is 0 Å². The molecule has 1 aliphatic rings. The van der Waals surface area contributed by atoms with Crippen LogP contribution >= 0.6 is 0 Å². The van der Waals surface area contributed by atoms with E-state index in [-0.39, 0.29) is 22.7 Å². The first-order chi connectivity index (χ1) is 10.8. The van der Waals surface area contributed by atoms with Gasteiger partial charge in [-0.3, -0.25) is 0 Å². The number of aromatic nitrogens is 1. The molecule has 2 aromatic rings. The molecule has 118 valence electrons. The van der Waals surface area contributed by atoms with Crippen LogP contribution in [0.1, 0.15) is 43.0 Å². The number of nitrogens with zero attached hydrogens (tertiary/aromatic N) is 2. The van der Waals surface area contributed by atoms with Gasteiger partial charge in [0.15, 0.2) is 11.5 Å². The fourth-order valence-corrected chi connectivity index (χ4v) is 3.14. The van der Waals surface area contributed by atoms with E-state index in [9.17, 15) is 15.5 Å². The Bertz CT molecular complexity index is 850. The zero-order valence-electron chi connectivity index (χ0n) is 13.4. The summed E-state index contributed by atoms with van der Waals surface area (Å²) in [4.78, 5) is 4.47. The van der Waals surface area contributed by atoms with Crippen molar-refractivity contribution in [2.24, 2.45) is 5.41 Å². The lowest BCUT2D eigenvalue weighted by atomic mass is 9.92. The molecule has 1 fully saturated rings. The number of anilines is 1. The molecule has 3 rings (SSSR count). The Kier molecular flexibility index (Phi) is 3.22. The van der Waals surface area contributed by atoms with Crippen LogP contribution in [0.5, 0.6) is 11.5 Å². The molecule has 1 heterocycles. The summed E-state index contributed by atoms with van der Waals surface area (Å²) in [6, 6.07) is 6.63. The average Bonchev–Trinajstić information content (AvgIpc) is 3.12. The van der Waals surface area contributed by atoms with Crippen molar-refractivity contribution in [3.63, 3.8) is 0 Å². The van der Waals surface area contributed by atoms with E-state index in [1.165, 1.54) is 12.1 Å². The van der Waals surface area contributed by atoms with Gasteiger partial charge in [-0.2, -0.15) is 5.26 Å². The third kappa shape index (κ3) is 2.36. The van der Waals surface area contributed by atoms with E-state index in [1.54, 1.807) is 6.07 Å². The third-order valence-electron chi connectivity index (χ3n) is 4.73. The average molecular weight is 309 g/mol. The number of nitrogen functional groups attached to an aromatic ring is 1. The zero-order valence-corrected chi connectivity index (χ0v) is 13.4. The van der Waals surface area contributed by atoms with Gasteiger partial charge >= 0.3 is 0 Å². The number of rotatable bonds is 2. The molecule has 0 spiro atoms. The van der Waals surface area contributed by atoms with Gasteiger partial charge in [0, 0.05) is 11.5 Å². The van der Waals surface area contributed by atoms with Crippen molar-refractivity contribution in [3.8, 4) is 28.7 Å². The topological polar surface area (TPSA) is 103 Å². The van der Waals surface area contributed by atoms with Gasteiger partial charge < -0.3 is 15.9 Å². The molecule has 5 nitrogen and oxygen atoms in total. The monoisotopic (exact) mass is 309 g/mol. The van der Waals surface area contributed by atoms with Crippen molar-refractivity contribution in [1.82, 2.24) is 4.98 Å². The number of hydrogen-bond acceptors (Lipinski definition) is 5. The van der Waals surface area contributed by atoms with E-state index in [2.05, 4.69) is 24.9 Å². The van der Waals surface area contributed by atoms with Gasteiger partial charge in [0.1, 0.15) is 17.5 Å². The highest BCUT2D eigenvalue weighted by atomic mass is 16.3. The number of phenolic OH excluding ortho intramolecular Hbond substituents is 2. The molecule has 0 amide bonds. The Hall–Kier alpha value is -2.74. The minimum absolute atomic E-state index is 0.187. The highest BCUT2D eigenvalue weighted by Crippen LogP contribution is 2.59. The molecular weight excluding hydrogens is 290 g/mol. The smallest absolute Gasteiger partial charge is 0.158 e. The maximum Gasteiger partial charge on any atom is 0.158 e. The second kappa shape index (κ2) is 4.88. The van der Waals surface area contributed by atoms with Crippen LogP contribution < -0.4 is 5.73 Å². The van der Waals surface area contributed by atoms with Crippen molar-refractivity contribution in [2.75, 3.05) is 5.73 Å². The first kappa shape index (κ1) is 15.2. The quantitative estimate of drug-likeness (QED) is 0.737. The van der Waals surface area contributed by atoms with Crippen molar-refractivity contribution >= 4 is 5.82 Å². The fourth-order valence-electron chi connectivity index (χ4n) is 3.14. The lowest BCUT2D eigenvalue weighted by Gasteiger charge is -2.16. The van der Waals surface area contributed by atoms with E-state index < -0.39 is 0 Å². The number of aromatic hydroxyl groups is 2. The highest BCUT2D eigenvalue weighted by Gasteiger charge is 2.48. The Labute approximate surface area is 135 Å². The molecule has 0 bridgehead atoms. The van der Waals surface area contributed by atoms with Gasteiger partial charge in [0.05, 0.1) is 5.69 Å². The summed E-state index contributed by atoms with van der Waals surface area (Å²) in [7, 11) is 0. The minimum Gasteiger partial charge on any atom is -0.504 e. The number of nitrogens with two attached hydrogens (primary N) is 1. The van der Waals surface area contributed by atoms with Gasteiger partial charge in [-0.25, -0.2) is 4.98 Å². The lowest BCUT2D eigenvalue weighted by molar-refractivity contribution is 0.404. The molecular formula is C18H19N3O2. The number of phenols is 2. The summed E-state index contributed by atoms with van der Waals surface area (Å²) in [5.74, 6) is 0.102. The predicted molar refractivity (Wildman–Crippen MR) is 88.0 cm³/mol. The van der Waals surface area contributed by atoms with E-state index in [4.69, 9.17) is 5.73 Å². The standard InChI is InChI=1S/C18H19N3O2/c1-9-15(10-4-5-13(22)14(23)6-10)11(8-19)17(20)21-16(9)12-7-18(12,2)3/h4-6,12,22-23H,7H2,1-3H3,(H2,20,21). The first-order valence-electron chi connectivity index (χ1n) is 7.48. The van der Waals surface area contributed by atoms with Crippen LogP contribution in [-0.4, -0.2) is 15.2 Å². The molecule has 1 aliphatic carbocycles. The van der Waals surface area contributed by atoms with Gasteiger partial charge in [-0.1, -0.05) is 19.9 Å². The summed E-state index contributed by atoms with van der Waals surface area (Å²) >= 11 is 0. The maximum absolute atomic E-state index is 9.78. The van der Waals surface area contributed by atoms with Crippen LogP contribution in [0.25, 0.3) is 11.1 Å². The van der Waals surface area contributed by atoms with Crippen LogP contribution in [0.15, 0.2) is 18.2 Å². The number of benzene rings is 1. The fraction of sp³-hybridized carbons (Fsp3) is 0.333. The summed E-state index contributed by atoms with van der Waals surface area (Å²) < 4.78 is 0. The van der Waals surface area contributed by atoms with Crippen LogP contribution in [0.2, 0.25) is 0 Å². The summed E-state index contributed by atoms with van der Waals surface area (Å²) in [5.41, 5.74) is 9.63. The lowest BCUT2D eigenvalue weighted by Crippen LogP contribution is -2.06. The van der Waals surface area contributed by atoms with Crippen molar-refractivity contribution in [3.05, 3.63) is 35.0 Å². The first-order valence-corrected chi connectivity index (χ1v) is 7.48. The molecule has 0 radical (unpaired) electrons. The van der Waals surface area contributed by atoms with Gasteiger partial charge in [-0.05, 0) is 42.0 Å². The van der Waals surface area contributed by atoms with Gasteiger partial charge in [-0.15, -0.1) is 0 Å². The second-order valence-electron chi connectivity index (χ2n) is 6.82. The number of nitriles is 1. The van der Waals surface area contributed by atoms with Crippen LogP contribution in [0, 0.1) is 23.7 Å². The molecule has 5 heteroatoms. The molecule has 23 heavy (non-hydrogen) atoms. The molecule has 1 saturated carbocycles. The van der Waals surface area contributed by atoms with Crippen molar-refractivity contribution < 1.29 is 10.2 Å². The van der Waals surface area contributed by atoms with E-state index in [0.717, 1.165) is 17.7 Å². The second-order valence-corrected chi connectivity index (χ2v) is 6.82. The molecule has 0 aliphatic heterocycles. The molecule has 4 N–H and O–H groups in total. The van der Waals surface area contributed by atoms with Gasteiger partial charge in [0.2, 0.25) is 0 Å². The van der Waals surface area contributed by atoms with Crippen LogP contribution in [-0.2, 0) is 0 Å². The SMILES string of the molecule is Cc1c(C2CC2(C)C)nc(N)c(C#N)c1-c1ccc(O)c(O)c1. The Morgan fingerprint density at radius 1 is 1.30 bits per heavy atom. The number of pyridine rings is 1. The molecule has 1 aromatic carbocycles. The molecule has 1 unspecified atom stereocenters. The predicted octanol–water partition coefficient (Wildman–Crippen LogP) is 3.44. The summed E-state index contributed by atoms with van der Waals surface area (Å²) in [6.07, 6.45) is 1.03. The third-order valence-corrected chi connectivity index (χ3v) is 4.73. The zero-order chi connectivity index (χ0) is 16.9. The van der Waals surface area contributed by atoms with Crippen LogP contribution in [0.3, 0.4) is 0 Å². The molecule has 1 aromatic heterocycles. The Balaban J connectivity index is 2.26. The summed E-state index contributed by atoms with van der Waals surface area (Å²) in [5, 5.41) is 28.8. The molecule has 0 saturated heterocycles. The highest BCUT2D eigenvalue weighted by molar-refractivity contribution is 5.80.